The maximum Gasteiger partial charge on any atom is 0.261 e. The minimum atomic E-state index is -0.409. The average Bonchev–Trinajstić information content (AvgIpc) is 2.67. The molecule has 0 saturated heterocycles. The van der Waals surface area contributed by atoms with Gasteiger partial charge in [0, 0.05) is 18.3 Å². The second-order valence-corrected chi connectivity index (χ2v) is 5.49. The van der Waals surface area contributed by atoms with Crippen molar-refractivity contribution in [3.63, 3.8) is 0 Å². The molecule has 25 heavy (non-hydrogen) atoms. The van der Waals surface area contributed by atoms with Gasteiger partial charge in [-0.2, -0.15) is 0 Å². The van der Waals surface area contributed by atoms with Gasteiger partial charge in [0.25, 0.3) is 11.5 Å². The number of methoxy groups -OCH3 is 1. The first kappa shape index (κ1) is 16.5. The summed E-state index contributed by atoms with van der Waals surface area (Å²) in [4.78, 5) is 27.4. The number of pyridine rings is 1. The Kier molecular flexibility index (Phi) is 4.95. The van der Waals surface area contributed by atoms with Gasteiger partial charge in [-0.05, 0) is 29.3 Å². The minimum absolute atomic E-state index is 0.113. The molecule has 0 bridgehead atoms. The molecular formula is C20H18N2O3. The Labute approximate surface area is 145 Å². The Hall–Kier alpha value is -3.34. The molecule has 2 N–H and O–H groups in total. The molecule has 1 heterocycles. The molecular weight excluding hydrogens is 316 g/mol. The monoisotopic (exact) mass is 334 g/mol. The number of aromatic amines is 1. The largest absolute Gasteiger partial charge is 0.497 e. The van der Waals surface area contributed by atoms with Gasteiger partial charge in [-0.3, -0.25) is 9.59 Å². The van der Waals surface area contributed by atoms with Crippen LogP contribution in [-0.2, 0) is 6.54 Å². The third-order valence-corrected chi connectivity index (χ3v) is 3.88. The fraction of sp³-hybridized carbons (Fsp3) is 0.100. The van der Waals surface area contributed by atoms with Crippen LogP contribution in [-0.4, -0.2) is 18.0 Å². The van der Waals surface area contributed by atoms with Crippen molar-refractivity contribution in [3.8, 4) is 16.9 Å². The zero-order chi connectivity index (χ0) is 17.6. The van der Waals surface area contributed by atoms with E-state index in [0.717, 1.165) is 16.9 Å². The van der Waals surface area contributed by atoms with Crippen LogP contribution in [0.2, 0.25) is 0 Å². The number of amides is 1. The van der Waals surface area contributed by atoms with Gasteiger partial charge in [0.1, 0.15) is 11.3 Å². The van der Waals surface area contributed by atoms with Crippen LogP contribution < -0.4 is 15.6 Å². The highest BCUT2D eigenvalue weighted by Gasteiger charge is 2.16. The first-order valence-electron chi connectivity index (χ1n) is 7.87. The molecule has 0 saturated carbocycles. The molecule has 0 radical (unpaired) electrons. The summed E-state index contributed by atoms with van der Waals surface area (Å²) in [7, 11) is 1.60. The van der Waals surface area contributed by atoms with E-state index in [2.05, 4.69) is 10.3 Å². The van der Waals surface area contributed by atoms with E-state index in [1.165, 1.54) is 0 Å². The lowest BCUT2D eigenvalue weighted by Gasteiger charge is -2.10. The maximum absolute atomic E-state index is 12.6. The molecule has 0 unspecified atom stereocenters. The molecule has 1 aromatic heterocycles. The zero-order valence-corrected chi connectivity index (χ0v) is 13.8. The summed E-state index contributed by atoms with van der Waals surface area (Å²) in [6, 6.07) is 18.5. The lowest BCUT2D eigenvalue weighted by atomic mass is 10.0. The van der Waals surface area contributed by atoms with E-state index in [9.17, 15) is 9.59 Å². The van der Waals surface area contributed by atoms with Gasteiger partial charge in [0.15, 0.2) is 0 Å². The van der Waals surface area contributed by atoms with Crippen LogP contribution in [0.1, 0.15) is 15.9 Å². The lowest BCUT2D eigenvalue weighted by Crippen LogP contribution is -2.30. The third kappa shape index (κ3) is 3.77. The van der Waals surface area contributed by atoms with Crippen LogP contribution in [0, 0.1) is 0 Å². The van der Waals surface area contributed by atoms with Crippen molar-refractivity contribution in [2.45, 2.75) is 6.54 Å². The van der Waals surface area contributed by atoms with Crippen LogP contribution in [0.4, 0.5) is 0 Å². The first-order chi connectivity index (χ1) is 12.2. The van der Waals surface area contributed by atoms with Crippen molar-refractivity contribution in [1.29, 1.82) is 0 Å². The summed E-state index contributed by atoms with van der Waals surface area (Å²) in [6.45, 7) is 0.325. The van der Waals surface area contributed by atoms with Gasteiger partial charge in [-0.25, -0.2) is 0 Å². The second-order valence-electron chi connectivity index (χ2n) is 5.49. The summed E-state index contributed by atoms with van der Waals surface area (Å²) in [5.41, 5.74) is 2.05. The van der Waals surface area contributed by atoms with Crippen LogP contribution in [0.25, 0.3) is 11.1 Å². The molecule has 3 rings (SSSR count). The van der Waals surface area contributed by atoms with Gasteiger partial charge < -0.3 is 15.0 Å². The van der Waals surface area contributed by atoms with Crippen LogP contribution in [0.3, 0.4) is 0 Å². The second kappa shape index (κ2) is 7.49. The Bertz CT molecular complexity index is 916. The van der Waals surface area contributed by atoms with E-state index in [1.807, 2.05) is 54.6 Å². The molecule has 0 aliphatic rings. The molecule has 0 fully saturated rings. The SMILES string of the molecule is COc1ccc(CNC(=O)c2c(-c3ccccc3)cc[nH]c2=O)cc1. The number of hydrogen-bond acceptors (Lipinski definition) is 3. The quantitative estimate of drug-likeness (QED) is 0.753. The number of benzene rings is 2. The third-order valence-electron chi connectivity index (χ3n) is 3.88. The van der Waals surface area contributed by atoms with Gasteiger partial charge in [0.05, 0.1) is 7.11 Å². The number of aromatic nitrogens is 1. The minimum Gasteiger partial charge on any atom is -0.497 e. The molecule has 0 aliphatic heterocycles. The molecule has 3 aromatic rings. The molecule has 5 heteroatoms. The normalized spacial score (nSPS) is 10.3. The average molecular weight is 334 g/mol. The standard InChI is InChI=1S/C20H18N2O3/c1-25-16-9-7-14(8-10-16)13-22-20(24)18-17(11-12-21-19(18)23)15-5-3-2-4-6-15/h2-12H,13H2,1H3,(H,21,23)(H,22,24). The van der Waals surface area contributed by atoms with E-state index in [4.69, 9.17) is 4.74 Å². The number of carbonyl (C=O) groups is 1. The number of carbonyl (C=O) groups excluding carboxylic acids is 1. The molecule has 5 nitrogen and oxygen atoms in total. The maximum atomic E-state index is 12.6. The highest BCUT2D eigenvalue weighted by Crippen LogP contribution is 2.20. The van der Waals surface area contributed by atoms with Crippen LogP contribution >= 0.6 is 0 Å². The van der Waals surface area contributed by atoms with Crippen molar-refractivity contribution in [2.75, 3.05) is 7.11 Å². The van der Waals surface area contributed by atoms with E-state index >= 15 is 0 Å². The summed E-state index contributed by atoms with van der Waals surface area (Å²) >= 11 is 0. The predicted octanol–water partition coefficient (Wildman–Crippen LogP) is 2.98. The molecule has 126 valence electrons. The predicted molar refractivity (Wildman–Crippen MR) is 96.7 cm³/mol. The van der Waals surface area contributed by atoms with Crippen molar-refractivity contribution in [3.05, 3.63) is 88.3 Å². The fourth-order valence-corrected chi connectivity index (χ4v) is 2.58. The van der Waals surface area contributed by atoms with Crippen molar-refractivity contribution in [1.82, 2.24) is 10.3 Å². The Balaban J connectivity index is 1.83. The summed E-state index contributed by atoms with van der Waals surface area (Å²) < 4.78 is 5.11. The number of H-pyrrole nitrogens is 1. The Morgan fingerprint density at radius 3 is 2.44 bits per heavy atom. The summed E-state index contributed by atoms with van der Waals surface area (Å²) in [5, 5.41) is 2.80. The lowest BCUT2D eigenvalue weighted by molar-refractivity contribution is 0.0950. The highest BCUT2D eigenvalue weighted by molar-refractivity contribution is 6.00. The zero-order valence-electron chi connectivity index (χ0n) is 13.8. The van der Waals surface area contributed by atoms with Gasteiger partial charge >= 0.3 is 0 Å². The van der Waals surface area contributed by atoms with E-state index in [0.29, 0.717) is 12.1 Å². The summed E-state index contributed by atoms with van der Waals surface area (Å²) in [5.74, 6) is 0.345. The smallest absolute Gasteiger partial charge is 0.261 e. The number of rotatable bonds is 5. The van der Waals surface area contributed by atoms with Gasteiger partial charge in [0.2, 0.25) is 0 Å². The molecule has 0 spiro atoms. The van der Waals surface area contributed by atoms with Crippen molar-refractivity contribution < 1.29 is 9.53 Å². The van der Waals surface area contributed by atoms with Crippen LogP contribution in [0.15, 0.2) is 71.7 Å². The molecule has 2 aromatic carbocycles. The number of nitrogens with one attached hydrogen (secondary N) is 2. The topological polar surface area (TPSA) is 71.2 Å². The Morgan fingerprint density at radius 2 is 1.76 bits per heavy atom. The molecule has 0 aliphatic carbocycles. The van der Waals surface area contributed by atoms with E-state index in [-0.39, 0.29) is 5.56 Å². The van der Waals surface area contributed by atoms with E-state index < -0.39 is 11.5 Å². The van der Waals surface area contributed by atoms with Gasteiger partial charge in [-0.1, -0.05) is 42.5 Å². The van der Waals surface area contributed by atoms with Crippen molar-refractivity contribution in [2.24, 2.45) is 0 Å². The number of hydrogen-bond donors (Lipinski definition) is 2. The Morgan fingerprint density at radius 1 is 1.04 bits per heavy atom. The van der Waals surface area contributed by atoms with Gasteiger partial charge in [-0.15, -0.1) is 0 Å². The van der Waals surface area contributed by atoms with Crippen molar-refractivity contribution >= 4 is 5.91 Å². The van der Waals surface area contributed by atoms with E-state index in [1.54, 1.807) is 19.4 Å². The number of ether oxygens (including phenoxy) is 1. The molecule has 1 amide bonds. The summed E-state index contributed by atoms with van der Waals surface area (Å²) in [6.07, 6.45) is 1.55. The first-order valence-corrected chi connectivity index (χ1v) is 7.87. The highest BCUT2D eigenvalue weighted by atomic mass is 16.5. The fourth-order valence-electron chi connectivity index (χ4n) is 2.58. The molecule has 0 atom stereocenters. The van der Waals surface area contributed by atoms with Crippen LogP contribution in [0.5, 0.6) is 5.75 Å².